The van der Waals surface area contributed by atoms with E-state index in [0.717, 1.165) is 10.2 Å². The van der Waals surface area contributed by atoms with E-state index in [9.17, 15) is 9.59 Å². The molecule has 0 amide bonds. The predicted octanol–water partition coefficient (Wildman–Crippen LogP) is -3.90. The first-order chi connectivity index (χ1) is 8.43. The molecular weight excluding hydrogens is 332 g/mol. The average molecular weight is 341 g/mol. The summed E-state index contributed by atoms with van der Waals surface area (Å²) in [7, 11) is 0. The van der Waals surface area contributed by atoms with Gasteiger partial charge in [-0.2, -0.15) is 0 Å². The molecule has 0 saturated heterocycles. The van der Waals surface area contributed by atoms with Gasteiger partial charge in [-0.3, -0.25) is 0 Å². The predicted molar refractivity (Wildman–Crippen MR) is 76.3 cm³/mol. The van der Waals surface area contributed by atoms with Crippen molar-refractivity contribution in [1.29, 1.82) is 0 Å². The molecule has 1 heterocycles. The molecule has 2 aromatic rings. The van der Waals surface area contributed by atoms with Gasteiger partial charge >= 0.3 is 59.1 Å². The Balaban J connectivity index is 0.00000180. The van der Waals surface area contributed by atoms with E-state index in [2.05, 4.69) is 17.6 Å². The van der Waals surface area contributed by atoms with E-state index in [4.69, 9.17) is 12.6 Å². The van der Waals surface area contributed by atoms with E-state index >= 15 is 0 Å². The first kappa shape index (κ1) is 20.9. The van der Waals surface area contributed by atoms with Crippen molar-refractivity contribution in [2.75, 3.05) is 0 Å². The molecule has 2 rings (SSSR count). The van der Waals surface area contributed by atoms with Gasteiger partial charge in [0.05, 0.1) is 15.6 Å². The number of hydrogen-bond donors (Lipinski definition) is 0. The first-order valence-corrected chi connectivity index (χ1v) is 6.84. The number of fused-ring (bicyclic) bond motifs is 1. The summed E-state index contributed by atoms with van der Waals surface area (Å²) >= 11 is 10.7. The van der Waals surface area contributed by atoms with Crippen molar-refractivity contribution in [1.82, 2.24) is 4.98 Å². The van der Waals surface area contributed by atoms with E-state index < -0.39 is 15.6 Å². The van der Waals surface area contributed by atoms with Crippen LogP contribution >= 0.6 is 11.3 Å². The van der Waals surface area contributed by atoms with Crippen molar-refractivity contribution < 1.29 is 68.7 Å². The zero-order chi connectivity index (χ0) is 13.3. The minimum atomic E-state index is -1.09. The Labute approximate surface area is 176 Å². The van der Waals surface area contributed by atoms with Crippen LogP contribution in [-0.2, 0) is 40.3 Å². The van der Waals surface area contributed by atoms with Gasteiger partial charge in [0.15, 0.2) is 0 Å². The molecule has 3 nitrogen and oxygen atoms in total. The maximum Gasteiger partial charge on any atom is 1.00 e. The molecule has 0 saturated carbocycles. The normalized spacial score (nSPS) is 12.8. The van der Waals surface area contributed by atoms with Gasteiger partial charge in [-0.15, -0.1) is 11.3 Å². The van der Waals surface area contributed by atoms with Crippen LogP contribution in [0.5, 0.6) is 0 Å². The van der Waals surface area contributed by atoms with Crippen LogP contribution in [0.3, 0.4) is 0 Å². The van der Waals surface area contributed by atoms with E-state index in [0.29, 0.717) is 5.01 Å². The Kier molecular flexibility index (Phi) is 8.88. The molecule has 0 aliphatic rings. The summed E-state index contributed by atoms with van der Waals surface area (Å²) in [5.41, 5.74) is -0.283. The number of carbonyl (C=O) groups excluding carboxylic acids is 2. The zero-order valence-corrected chi connectivity index (χ0v) is 18.0. The molecule has 1 aromatic carbocycles. The first-order valence-electron chi connectivity index (χ1n) is 5.21. The average Bonchev–Trinajstić information content (AvgIpc) is 2.71. The quantitative estimate of drug-likeness (QED) is 0.420. The maximum atomic E-state index is 11.7. The maximum absolute atomic E-state index is 11.7. The smallest absolute Gasteiger partial charge is 0.742 e. The van der Waals surface area contributed by atoms with Crippen LogP contribution in [-0.4, -0.2) is 15.2 Å². The number of hydrogen-bond acceptors (Lipinski definition) is 6. The Bertz CT molecular complexity index is 599. The summed E-state index contributed by atoms with van der Waals surface area (Å²) in [6, 6.07) is 7.55. The second kappa shape index (κ2) is 8.50. The van der Waals surface area contributed by atoms with Gasteiger partial charge in [0.25, 0.3) is 0 Å². The zero-order valence-electron chi connectivity index (χ0n) is 11.5. The summed E-state index contributed by atoms with van der Waals surface area (Å²) in [4.78, 5) is 27.2. The van der Waals surface area contributed by atoms with Crippen molar-refractivity contribution in [3.05, 3.63) is 29.3 Å². The monoisotopic (exact) mass is 341 g/mol. The Morgan fingerprint density at radius 2 is 1.85 bits per heavy atom. The molecule has 0 spiro atoms. The summed E-state index contributed by atoms with van der Waals surface area (Å²) in [5, 5.41) is -0.420. The third-order valence-corrected chi connectivity index (χ3v) is 4.61. The number of benzene rings is 1. The molecule has 0 bridgehead atoms. The fourth-order valence-electron chi connectivity index (χ4n) is 1.63. The summed E-state index contributed by atoms with van der Waals surface area (Å²) < 4.78 is 0.965. The van der Waals surface area contributed by atoms with Crippen molar-refractivity contribution in [2.24, 2.45) is 0 Å². The SMILES string of the molecule is CC(CC(=O)[S-])(C(=O)[S-])c1nc2ccccc2s1.[Na+].[Na+]. The van der Waals surface area contributed by atoms with E-state index in [1.165, 1.54) is 11.3 Å². The van der Waals surface area contributed by atoms with Gasteiger partial charge in [-0.25, -0.2) is 4.98 Å². The largest absolute Gasteiger partial charge is 1.00 e. The third kappa shape index (κ3) is 4.44. The number of aromatic nitrogens is 1. The van der Waals surface area contributed by atoms with Crippen LogP contribution in [0, 0.1) is 0 Å². The van der Waals surface area contributed by atoms with Crippen LogP contribution in [0.1, 0.15) is 18.4 Å². The van der Waals surface area contributed by atoms with E-state index in [1.807, 2.05) is 24.3 Å². The molecule has 1 atom stereocenters. The topological polar surface area (TPSA) is 47.0 Å². The minimum absolute atomic E-state index is 0. The van der Waals surface area contributed by atoms with Crippen molar-refractivity contribution >= 4 is 57.0 Å². The van der Waals surface area contributed by atoms with Crippen molar-refractivity contribution in [3.63, 3.8) is 0 Å². The third-order valence-electron chi connectivity index (χ3n) is 2.71. The summed E-state index contributed by atoms with van der Waals surface area (Å²) in [5.74, 6) is 0. The standard InChI is InChI=1S/C12H11NO2S3.2Na/c1-12(11(15)17,6-9(14)16)10-13-7-4-2-3-5-8(7)18-10;;/h2-5H,6H2,1H3,(H,14,16)(H,15,17);;/q;2*+1/p-2. The number of nitrogens with zero attached hydrogens (tertiary/aromatic N) is 1. The molecule has 8 heteroatoms. The second-order valence-electron chi connectivity index (χ2n) is 4.16. The fraction of sp³-hybridized carbons (Fsp3) is 0.250. The number of carbonyl (C=O) groups is 2. The molecule has 1 aromatic heterocycles. The molecule has 20 heavy (non-hydrogen) atoms. The number of rotatable bonds is 4. The van der Waals surface area contributed by atoms with Crippen LogP contribution in [0.15, 0.2) is 24.3 Å². The van der Waals surface area contributed by atoms with Gasteiger partial charge in [0, 0.05) is 16.7 Å². The Morgan fingerprint density at radius 1 is 1.25 bits per heavy atom. The number of thiazole rings is 1. The van der Waals surface area contributed by atoms with Gasteiger partial charge in [-0.1, -0.05) is 12.1 Å². The molecule has 0 radical (unpaired) electrons. The van der Waals surface area contributed by atoms with Crippen LogP contribution < -0.4 is 59.1 Å². The van der Waals surface area contributed by atoms with Gasteiger partial charge in [0.2, 0.25) is 0 Å². The molecule has 0 N–H and O–H groups in total. The van der Waals surface area contributed by atoms with E-state index in [1.54, 1.807) is 6.92 Å². The van der Waals surface area contributed by atoms with Crippen LogP contribution in [0.2, 0.25) is 0 Å². The van der Waals surface area contributed by atoms with Crippen LogP contribution in [0.4, 0.5) is 0 Å². The molecule has 0 fully saturated rings. The molecule has 1 unspecified atom stereocenters. The Hall–Kier alpha value is 0.890. The molecule has 0 aliphatic carbocycles. The van der Waals surface area contributed by atoms with Crippen molar-refractivity contribution in [3.8, 4) is 0 Å². The molecule has 94 valence electrons. The molecule has 0 aliphatic heterocycles. The van der Waals surface area contributed by atoms with Crippen LogP contribution in [0.25, 0.3) is 10.2 Å². The van der Waals surface area contributed by atoms with Gasteiger partial charge in [0.1, 0.15) is 5.01 Å². The van der Waals surface area contributed by atoms with E-state index in [-0.39, 0.29) is 65.5 Å². The van der Waals surface area contributed by atoms with Gasteiger partial charge < -0.3 is 34.8 Å². The Morgan fingerprint density at radius 3 is 2.35 bits per heavy atom. The second-order valence-corrected chi connectivity index (χ2v) is 6.01. The summed E-state index contributed by atoms with van der Waals surface area (Å²) in [6.07, 6.45) is -0.0789. The van der Waals surface area contributed by atoms with Gasteiger partial charge in [-0.05, 0) is 19.1 Å². The minimum Gasteiger partial charge on any atom is -0.742 e. The number of para-hydroxylation sites is 1. The fourth-order valence-corrected chi connectivity index (χ4v) is 3.26. The molecular formula is C12H9NNa2O2S3. The van der Waals surface area contributed by atoms with Crippen molar-refractivity contribution in [2.45, 2.75) is 18.8 Å². The summed E-state index contributed by atoms with van der Waals surface area (Å²) in [6.45, 7) is 1.63.